The number of nitrogens with zero attached hydrogens (tertiary/aromatic N) is 4. The molecule has 0 spiro atoms. The van der Waals surface area contributed by atoms with Gasteiger partial charge < -0.3 is 26.0 Å². The maximum Gasteiger partial charge on any atom is 0.268 e. The molecule has 3 heterocycles. The number of anilines is 3. The van der Waals surface area contributed by atoms with Gasteiger partial charge in [-0.3, -0.25) is 14.7 Å². The third kappa shape index (κ3) is 6.91. The Balaban J connectivity index is 1.31. The second-order valence-corrected chi connectivity index (χ2v) is 10.8. The van der Waals surface area contributed by atoms with Gasteiger partial charge in [0.2, 0.25) is 12.2 Å². The molecule has 0 radical (unpaired) electrons. The fourth-order valence-corrected chi connectivity index (χ4v) is 5.51. The number of hydrogen-bond donors (Lipinski definition) is 4. The number of thiophene rings is 1. The number of nitrogens with one attached hydrogen (secondary N) is 4. The van der Waals surface area contributed by atoms with Gasteiger partial charge in [0.15, 0.2) is 17.5 Å². The Morgan fingerprint density at radius 2 is 1.84 bits per heavy atom. The molecule has 5 rings (SSSR count). The molecular formula is C30H29F3N8O2S. The predicted molar refractivity (Wildman–Crippen MR) is 164 cm³/mol. The van der Waals surface area contributed by atoms with Crippen LogP contribution in [0.15, 0.2) is 53.0 Å². The summed E-state index contributed by atoms with van der Waals surface area (Å²) in [5.41, 5.74) is 0.111. The van der Waals surface area contributed by atoms with Crippen molar-refractivity contribution in [3.05, 3.63) is 81.4 Å². The summed E-state index contributed by atoms with van der Waals surface area (Å²) in [6, 6.07) is 11.2. The Kier molecular flexibility index (Phi) is 9.90. The second-order valence-electron chi connectivity index (χ2n) is 9.84. The van der Waals surface area contributed by atoms with E-state index in [9.17, 15) is 4.79 Å². The Hall–Kier alpha value is -4.71. The molecule has 4 N–H and O–H groups in total. The zero-order chi connectivity index (χ0) is 31.1. The molecular weight excluding hydrogens is 593 g/mol. The van der Waals surface area contributed by atoms with Crippen LogP contribution >= 0.6 is 11.3 Å². The van der Waals surface area contributed by atoms with Crippen molar-refractivity contribution in [2.75, 3.05) is 55.3 Å². The Labute approximate surface area is 255 Å². The summed E-state index contributed by atoms with van der Waals surface area (Å²) >= 11 is 1.08. The lowest BCUT2D eigenvalue weighted by molar-refractivity contribution is 0.0389. The minimum absolute atomic E-state index is 0.176. The monoisotopic (exact) mass is 622 g/mol. The normalized spacial score (nSPS) is 13.8. The predicted octanol–water partition coefficient (Wildman–Crippen LogP) is 5.06. The highest BCUT2D eigenvalue weighted by atomic mass is 32.1. The lowest BCUT2D eigenvalue weighted by Crippen LogP contribution is -2.42. The number of benzene rings is 2. The van der Waals surface area contributed by atoms with E-state index < -0.39 is 40.3 Å². The average molecular weight is 623 g/mol. The van der Waals surface area contributed by atoms with E-state index in [1.54, 1.807) is 23.8 Å². The van der Waals surface area contributed by atoms with Crippen LogP contribution in [-0.2, 0) is 11.3 Å². The first kappa shape index (κ1) is 30.7. The molecule has 1 saturated heterocycles. The summed E-state index contributed by atoms with van der Waals surface area (Å²) in [5.74, 6) is -4.87. The van der Waals surface area contributed by atoms with Crippen LogP contribution in [0.2, 0.25) is 0 Å². The SMILES string of the molecule is Cc1c(F)c(NC(=O)c2sccc2NCc2ccnc3ccccc23)c(F)c(NC(=NC#N)NCCN2CCOCC2)c1F. The molecule has 1 aliphatic rings. The number of amides is 1. The lowest BCUT2D eigenvalue weighted by Gasteiger charge is -2.26. The number of para-hydroxylation sites is 1. The minimum atomic E-state index is -1.38. The van der Waals surface area contributed by atoms with Gasteiger partial charge in [-0.25, -0.2) is 13.2 Å². The van der Waals surface area contributed by atoms with E-state index >= 15 is 13.2 Å². The third-order valence-electron chi connectivity index (χ3n) is 7.08. The maximum absolute atomic E-state index is 15.6. The van der Waals surface area contributed by atoms with Gasteiger partial charge in [-0.1, -0.05) is 18.2 Å². The molecule has 10 nitrogen and oxygen atoms in total. The van der Waals surface area contributed by atoms with Gasteiger partial charge >= 0.3 is 0 Å². The highest BCUT2D eigenvalue weighted by molar-refractivity contribution is 7.12. The van der Waals surface area contributed by atoms with E-state index in [2.05, 4.69) is 36.1 Å². The van der Waals surface area contributed by atoms with E-state index in [0.29, 0.717) is 38.5 Å². The van der Waals surface area contributed by atoms with Crippen LogP contribution in [0.4, 0.5) is 30.2 Å². The van der Waals surface area contributed by atoms with Crippen LogP contribution in [0.1, 0.15) is 20.8 Å². The maximum atomic E-state index is 15.6. The number of aromatic nitrogens is 1. The van der Waals surface area contributed by atoms with E-state index in [1.807, 2.05) is 30.3 Å². The number of guanidine groups is 1. The molecule has 0 bridgehead atoms. The van der Waals surface area contributed by atoms with Crippen LogP contribution in [0.5, 0.6) is 0 Å². The third-order valence-corrected chi connectivity index (χ3v) is 8.00. The van der Waals surface area contributed by atoms with E-state index in [1.165, 1.54) is 0 Å². The zero-order valence-electron chi connectivity index (χ0n) is 23.7. The molecule has 1 aliphatic heterocycles. The summed E-state index contributed by atoms with van der Waals surface area (Å²) in [6.07, 6.45) is 3.27. The number of ether oxygens (including phenoxy) is 1. The number of aliphatic imine (C=N–C) groups is 1. The lowest BCUT2D eigenvalue weighted by atomic mass is 10.1. The number of halogens is 3. The summed E-state index contributed by atoms with van der Waals surface area (Å²) in [7, 11) is 0. The van der Waals surface area contributed by atoms with Crippen LogP contribution in [0, 0.1) is 35.8 Å². The number of carbonyl (C=O) groups excluding carboxylic acids is 1. The summed E-state index contributed by atoms with van der Waals surface area (Å²) < 4.78 is 51.2. The number of hydrogen-bond acceptors (Lipinski definition) is 8. The number of morpholine rings is 1. The Bertz CT molecular complexity index is 1730. The van der Waals surface area contributed by atoms with Crippen molar-refractivity contribution in [1.82, 2.24) is 15.2 Å². The fourth-order valence-electron chi connectivity index (χ4n) is 4.74. The molecule has 0 atom stereocenters. The van der Waals surface area contributed by atoms with Gasteiger partial charge in [0.25, 0.3) is 5.91 Å². The van der Waals surface area contributed by atoms with Crippen molar-refractivity contribution in [3.8, 4) is 6.19 Å². The van der Waals surface area contributed by atoms with Crippen molar-refractivity contribution in [1.29, 1.82) is 5.26 Å². The number of nitriles is 1. The van der Waals surface area contributed by atoms with Gasteiger partial charge in [0.05, 0.1) is 24.4 Å². The summed E-state index contributed by atoms with van der Waals surface area (Å²) in [5, 5.41) is 22.5. The Morgan fingerprint density at radius 3 is 2.61 bits per heavy atom. The van der Waals surface area contributed by atoms with Crippen molar-refractivity contribution < 1.29 is 22.7 Å². The molecule has 2 aromatic heterocycles. The van der Waals surface area contributed by atoms with Crippen LogP contribution in [0.25, 0.3) is 10.9 Å². The quantitative estimate of drug-likeness (QED) is 0.116. The van der Waals surface area contributed by atoms with Gasteiger partial charge in [0.1, 0.15) is 16.3 Å². The first-order valence-electron chi connectivity index (χ1n) is 13.8. The van der Waals surface area contributed by atoms with Crippen molar-refractivity contribution in [2.24, 2.45) is 4.99 Å². The molecule has 0 saturated carbocycles. The van der Waals surface area contributed by atoms with E-state index in [4.69, 9.17) is 10.00 Å². The number of carbonyl (C=O) groups is 1. The van der Waals surface area contributed by atoms with Crippen molar-refractivity contribution >= 4 is 51.2 Å². The molecule has 14 heteroatoms. The van der Waals surface area contributed by atoms with Crippen molar-refractivity contribution in [2.45, 2.75) is 13.5 Å². The number of pyridine rings is 1. The first-order chi connectivity index (χ1) is 21.4. The van der Waals surface area contributed by atoms with Crippen LogP contribution < -0.4 is 21.3 Å². The highest BCUT2D eigenvalue weighted by Gasteiger charge is 2.26. The van der Waals surface area contributed by atoms with E-state index in [0.717, 1.165) is 47.8 Å². The van der Waals surface area contributed by atoms with Crippen molar-refractivity contribution in [3.63, 3.8) is 0 Å². The molecule has 1 fully saturated rings. The van der Waals surface area contributed by atoms with E-state index in [-0.39, 0.29) is 10.8 Å². The smallest absolute Gasteiger partial charge is 0.268 e. The largest absolute Gasteiger partial charge is 0.380 e. The highest BCUT2D eigenvalue weighted by Crippen LogP contribution is 2.34. The van der Waals surface area contributed by atoms with Crippen LogP contribution in [0.3, 0.4) is 0 Å². The summed E-state index contributed by atoms with van der Waals surface area (Å²) in [6.45, 7) is 5.02. The topological polar surface area (TPSA) is 127 Å². The molecule has 2 aromatic carbocycles. The van der Waals surface area contributed by atoms with Gasteiger partial charge in [-0.15, -0.1) is 16.3 Å². The minimum Gasteiger partial charge on any atom is -0.380 e. The fraction of sp³-hybridized carbons (Fsp3) is 0.267. The molecule has 4 aromatic rings. The zero-order valence-corrected chi connectivity index (χ0v) is 24.5. The summed E-state index contributed by atoms with van der Waals surface area (Å²) in [4.78, 5) is 23.5. The average Bonchev–Trinajstić information content (AvgIpc) is 3.52. The molecule has 44 heavy (non-hydrogen) atoms. The number of rotatable bonds is 9. The Morgan fingerprint density at radius 1 is 1.09 bits per heavy atom. The molecule has 0 aliphatic carbocycles. The van der Waals surface area contributed by atoms with Gasteiger partial charge in [-0.2, -0.15) is 5.26 Å². The standard InChI is InChI=1S/C30H29F3N8O2S/c1-18-23(31)26(25(33)27(24(18)32)40-30(38-17-34)36-9-10-41-11-13-43-14-12-41)39-29(42)28-22(7-15-44-28)37-16-19-6-8-35-21-5-3-2-4-20(19)21/h2-8,15,37H,9-14,16H2,1H3,(H,39,42)(H2,36,38,40). The molecule has 1 amide bonds. The molecule has 228 valence electrons. The van der Waals surface area contributed by atoms with Crippen LogP contribution in [-0.4, -0.2) is 61.1 Å². The first-order valence-corrected chi connectivity index (χ1v) is 14.7. The second kappa shape index (κ2) is 14.2. The van der Waals surface area contributed by atoms with Gasteiger partial charge in [-0.05, 0) is 36.1 Å². The molecule has 0 unspecified atom stereocenters. The van der Waals surface area contributed by atoms with Gasteiger partial charge in [0, 0.05) is 49.9 Å². The number of fused-ring (bicyclic) bond motifs is 1.